The molecule has 0 aliphatic heterocycles. The number of aromatic nitrogens is 2. The van der Waals surface area contributed by atoms with Gasteiger partial charge in [-0.3, -0.25) is 13.9 Å². The first kappa shape index (κ1) is 21.9. The van der Waals surface area contributed by atoms with Crippen molar-refractivity contribution >= 4 is 41.4 Å². The highest BCUT2D eigenvalue weighted by Gasteiger charge is 2.25. The number of allylic oxidation sites excluding steroid dienone is 1. The number of hydrogen-bond donors (Lipinski definition) is 0. The lowest BCUT2D eigenvalue weighted by molar-refractivity contribution is 0.219. The maximum Gasteiger partial charge on any atom is 0.335 e. The molecule has 154 valence electrons. The maximum absolute atomic E-state index is 13.0. The quantitative estimate of drug-likeness (QED) is 0.306. The zero-order valence-corrected chi connectivity index (χ0v) is 18.7. The molecule has 0 aliphatic rings. The van der Waals surface area contributed by atoms with Crippen LogP contribution in [0.2, 0.25) is 5.02 Å². The average Bonchev–Trinajstić information content (AvgIpc) is 3.12. The number of fused-ring (bicyclic) bond motifs is 1. The van der Waals surface area contributed by atoms with E-state index in [4.69, 9.17) is 20.6 Å². The minimum atomic E-state index is -3.21. The second-order valence-electron chi connectivity index (χ2n) is 6.17. The van der Waals surface area contributed by atoms with E-state index in [0.717, 1.165) is 9.75 Å². The molecule has 1 aromatic carbocycles. The predicted octanol–water partition coefficient (Wildman–Crippen LogP) is 5.73. The molecule has 0 radical (unpaired) electrons. The molecule has 2 aromatic heterocycles. The van der Waals surface area contributed by atoms with E-state index in [1.54, 1.807) is 42.7 Å². The van der Waals surface area contributed by atoms with E-state index in [-0.39, 0.29) is 11.7 Å². The lowest BCUT2D eigenvalue weighted by Crippen LogP contribution is -2.22. The van der Waals surface area contributed by atoms with Gasteiger partial charge in [-0.1, -0.05) is 17.7 Å². The van der Waals surface area contributed by atoms with Crippen molar-refractivity contribution in [2.75, 3.05) is 13.2 Å². The summed E-state index contributed by atoms with van der Waals surface area (Å²) < 4.78 is 25.2. The summed E-state index contributed by atoms with van der Waals surface area (Å²) in [6.45, 7) is 8.24. The topological polar surface area (TPSA) is 70.4 Å². The summed E-state index contributed by atoms with van der Waals surface area (Å²) in [5.41, 5.74) is 0.368. The Kier molecular flexibility index (Phi) is 7.09. The molecule has 6 nitrogen and oxygen atoms in total. The normalized spacial score (nSPS) is 11.8. The fourth-order valence-electron chi connectivity index (χ4n) is 2.98. The molecule has 0 saturated heterocycles. The van der Waals surface area contributed by atoms with Crippen molar-refractivity contribution in [3.8, 4) is 10.7 Å². The summed E-state index contributed by atoms with van der Waals surface area (Å²) in [6, 6.07) is 8.74. The SMILES string of the molecule is C=CCn1c(-c2ccc(CP(=O)(OCC)OCC)s2)nc2cc(Cl)ccc2c1=O. The van der Waals surface area contributed by atoms with Gasteiger partial charge in [-0.25, -0.2) is 4.98 Å². The Bertz CT molecular complexity index is 1130. The molecule has 0 bridgehead atoms. The molecule has 0 fully saturated rings. The number of halogens is 1. The summed E-state index contributed by atoms with van der Waals surface area (Å²) in [7, 11) is -3.21. The van der Waals surface area contributed by atoms with Gasteiger partial charge >= 0.3 is 7.60 Å². The molecule has 2 heterocycles. The Balaban J connectivity index is 2.07. The average molecular weight is 453 g/mol. The van der Waals surface area contributed by atoms with E-state index in [1.165, 1.54) is 11.3 Å². The van der Waals surface area contributed by atoms with Gasteiger partial charge < -0.3 is 9.05 Å². The molecule has 3 rings (SSSR count). The molecule has 3 aromatic rings. The summed E-state index contributed by atoms with van der Waals surface area (Å²) in [5, 5.41) is 1.01. The van der Waals surface area contributed by atoms with Crippen LogP contribution in [0.4, 0.5) is 0 Å². The Morgan fingerprint density at radius 3 is 2.62 bits per heavy atom. The van der Waals surface area contributed by atoms with Crippen molar-refractivity contribution < 1.29 is 13.6 Å². The van der Waals surface area contributed by atoms with Crippen LogP contribution >= 0.6 is 30.5 Å². The minimum Gasteiger partial charge on any atom is -0.309 e. The van der Waals surface area contributed by atoms with Crippen LogP contribution in [0, 0.1) is 0 Å². The highest BCUT2D eigenvalue weighted by molar-refractivity contribution is 7.53. The van der Waals surface area contributed by atoms with Gasteiger partial charge in [0, 0.05) is 16.4 Å². The molecule has 0 spiro atoms. The largest absolute Gasteiger partial charge is 0.335 e. The highest BCUT2D eigenvalue weighted by atomic mass is 35.5. The molecule has 0 saturated carbocycles. The summed E-state index contributed by atoms with van der Waals surface area (Å²) >= 11 is 7.49. The van der Waals surface area contributed by atoms with Gasteiger partial charge in [0.1, 0.15) is 0 Å². The molecule has 9 heteroatoms. The Morgan fingerprint density at radius 2 is 1.97 bits per heavy atom. The maximum atomic E-state index is 13.0. The third-order valence-corrected chi connectivity index (χ3v) is 7.67. The molecule has 0 atom stereocenters. The second kappa shape index (κ2) is 9.37. The van der Waals surface area contributed by atoms with Gasteiger partial charge in [-0.15, -0.1) is 17.9 Å². The van der Waals surface area contributed by atoms with E-state index in [2.05, 4.69) is 11.6 Å². The van der Waals surface area contributed by atoms with Gasteiger partial charge in [0.2, 0.25) is 0 Å². The first-order valence-electron chi connectivity index (χ1n) is 9.19. The van der Waals surface area contributed by atoms with Crippen LogP contribution in [-0.4, -0.2) is 22.8 Å². The van der Waals surface area contributed by atoms with Crippen molar-refractivity contribution in [2.45, 2.75) is 26.6 Å². The van der Waals surface area contributed by atoms with Gasteiger partial charge in [-0.2, -0.15) is 0 Å². The third-order valence-electron chi connectivity index (χ3n) is 4.11. The number of hydrogen-bond acceptors (Lipinski definition) is 6. The lowest BCUT2D eigenvalue weighted by atomic mass is 10.2. The van der Waals surface area contributed by atoms with Gasteiger partial charge in [-0.05, 0) is 44.2 Å². The first-order chi connectivity index (χ1) is 13.9. The van der Waals surface area contributed by atoms with Crippen LogP contribution in [0.25, 0.3) is 21.6 Å². The smallest absolute Gasteiger partial charge is 0.309 e. The van der Waals surface area contributed by atoms with E-state index in [1.807, 2.05) is 12.1 Å². The molecule has 0 unspecified atom stereocenters. The summed E-state index contributed by atoms with van der Waals surface area (Å²) in [4.78, 5) is 19.3. The number of rotatable bonds is 9. The van der Waals surface area contributed by atoms with Crippen molar-refractivity contribution in [1.82, 2.24) is 9.55 Å². The number of benzene rings is 1. The van der Waals surface area contributed by atoms with E-state index in [9.17, 15) is 9.36 Å². The van der Waals surface area contributed by atoms with Crippen molar-refractivity contribution in [2.24, 2.45) is 0 Å². The predicted molar refractivity (Wildman–Crippen MR) is 119 cm³/mol. The standard InChI is InChI=1S/C20H22ClN2O4PS/c1-4-11-23-19(22-17-12-14(21)7-9-16(17)20(23)24)18-10-8-15(29-18)13-28(25,26-5-2)27-6-3/h4,7-10,12H,1,5-6,11,13H2,2-3H3. The third kappa shape index (κ3) is 4.87. The van der Waals surface area contributed by atoms with Crippen molar-refractivity contribution in [3.63, 3.8) is 0 Å². The number of nitrogens with zero attached hydrogens (tertiary/aromatic N) is 2. The Labute approximate surface area is 178 Å². The molecule has 0 N–H and O–H groups in total. The van der Waals surface area contributed by atoms with Crippen LogP contribution in [0.15, 0.2) is 47.8 Å². The molecule has 0 aliphatic carbocycles. The van der Waals surface area contributed by atoms with Crippen LogP contribution in [-0.2, 0) is 26.3 Å². The molecular formula is C20H22ClN2O4PS. The molecule has 0 amide bonds. The van der Waals surface area contributed by atoms with Gasteiger partial charge in [0.25, 0.3) is 5.56 Å². The second-order valence-corrected chi connectivity index (χ2v) is 9.83. The van der Waals surface area contributed by atoms with Crippen LogP contribution < -0.4 is 5.56 Å². The van der Waals surface area contributed by atoms with Crippen LogP contribution in [0.3, 0.4) is 0 Å². The fraction of sp³-hybridized carbons (Fsp3) is 0.300. The zero-order chi connectivity index (χ0) is 21.0. The summed E-state index contributed by atoms with van der Waals surface area (Å²) in [6.07, 6.45) is 1.83. The van der Waals surface area contributed by atoms with Gasteiger partial charge in [0.15, 0.2) is 5.82 Å². The monoisotopic (exact) mass is 452 g/mol. The van der Waals surface area contributed by atoms with Crippen molar-refractivity contribution in [1.29, 1.82) is 0 Å². The Morgan fingerprint density at radius 1 is 1.24 bits per heavy atom. The zero-order valence-electron chi connectivity index (χ0n) is 16.3. The van der Waals surface area contributed by atoms with E-state index < -0.39 is 7.60 Å². The van der Waals surface area contributed by atoms with Crippen molar-refractivity contribution in [3.05, 3.63) is 63.2 Å². The van der Waals surface area contributed by atoms with Gasteiger partial charge in [0.05, 0.1) is 35.2 Å². The molecule has 29 heavy (non-hydrogen) atoms. The van der Waals surface area contributed by atoms with E-state index in [0.29, 0.717) is 41.5 Å². The highest BCUT2D eigenvalue weighted by Crippen LogP contribution is 2.52. The van der Waals surface area contributed by atoms with Crippen LogP contribution in [0.1, 0.15) is 18.7 Å². The Hall–Kier alpha value is -1.76. The fourth-order valence-corrected chi connectivity index (χ4v) is 6.21. The molecular weight excluding hydrogens is 431 g/mol. The van der Waals surface area contributed by atoms with E-state index >= 15 is 0 Å². The van der Waals surface area contributed by atoms with Crippen LogP contribution in [0.5, 0.6) is 0 Å². The summed E-state index contributed by atoms with van der Waals surface area (Å²) in [5.74, 6) is 0.517. The number of thiophene rings is 1. The lowest BCUT2D eigenvalue weighted by Gasteiger charge is -2.15. The minimum absolute atomic E-state index is 0.161. The first-order valence-corrected chi connectivity index (χ1v) is 12.1.